The van der Waals surface area contributed by atoms with Crippen molar-refractivity contribution >= 4 is 5.91 Å². The molecule has 3 heterocycles. The molecule has 2 fully saturated rings. The van der Waals surface area contributed by atoms with Crippen LogP contribution in [0.25, 0.3) is 0 Å². The van der Waals surface area contributed by atoms with Crippen LogP contribution in [0, 0.1) is 19.8 Å². The van der Waals surface area contributed by atoms with E-state index in [4.69, 9.17) is 9.47 Å². The molecule has 0 spiro atoms. The largest absolute Gasteiger partial charge is 0.458 e. The molecular formula is C16H23N3O3. The number of aryl methyl sites for hydroxylation is 2. The van der Waals surface area contributed by atoms with Crippen molar-refractivity contribution in [2.45, 2.75) is 39.2 Å². The first-order valence-corrected chi connectivity index (χ1v) is 7.97. The third kappa shape index (κ3) is 3.55. The molecule has 6 heteroatoms. The number of nitrogens with zero attached hydrogens (tertiary/aromatic N) is 3. The summed E-state index contributed by atoms with van der Waals surface area (Å²) in [5.74, 6) is 0.225. The fraction of sp³-hybridized carbons (Fsp3) is 0.688. The number of aromatic nitrogens is 2. The van der Waals surface area contributed by atoms with Gasteiger partial charge in [-0.3, -0.25) is 4.79 Å². The zero-order valence-electron chi connectivity index (χ0n) is 13.2. The zero-order valence-corrected chi connectivity index (χ0v) is 13.2. The molecular weight excluding hydrogens is 282 g/mol. The lowest BCUT2D eigenvalue weighted by atomic mass is 10.0. The Bertz CT molecular complexity index is 523. The van der Waals surface area contributed by atoms with E-state index in [1.54, 1.807) is 0 Å². The molecule has 0 bridgehead atoms. The van der Waals surface area contributed by atoms with E-state index in [1.165, 1.54) is 0 Å². The molecule has 6 nitrogen and oxygen atoms in total. The monoisotopic (exact) mass is 305 g/mol. The molecule has 2 saturated heterocycles. The molecule has 1 amide bonds. The maximum Gasteiger partial charge on any atom is 0.317 e. The first-order chi connectivity index (χ1) is 10.6. The van der Waals surface area contributed by atoms with E-state index in [0.29, 0.717) is 25.8 Å². The summed E-state index contributed by atoms with van der Waals surface area (Å²) in [6.07, 6.45) is 2.69. The second kappa shape index (κ2) is 6.60. The summed E-state index contributed by atoms with van der Waals surface area (Å²) < 4.78 is 11.2. The Morgan fingerprint density at radius 1 is 1.32 bits per heavy atom. The third-order valence-electron chi connectivity index (χ3n) is 4.20. The molecule has 2 aliphatic rings. The predicted octanol–water partition coefficient (Wildman–Crippen LogP) is 1.50. The summed E-state index contributed by atoms with van der Waals surface area (Å²) >= 11 is 0. The van der Waals surface area contributed by atoms with Crippen molar-refractivity contribution in [3.63, 3.8) is 0 Å². The minimum atomic E-state index is -0.0266. The van der Waals surface area contributed by atoms with Gasteiger partial charge in [-0.15, -0.1) is 0 Å². The highest BCUT2D eigenvalue weighted by molar-refractivity contribution is 5.79. The zero-order chi connectivity index (χ0) is 15.5. The van der Waals surface area contributed by atoms with Crippen molar-refractivity contribution in [1.29, 1.82) is 0 Å². The van der Waals surface area contributed by atoms with Crippen molar-refractivity contribution < 1.29 is 14.3 Å². The number of ether oxygens (including phenoxy) is 2. The maximum absolute atomic E-state index is 12.5. The molecule has 0 aliphatic carbocycles. The molecule has 2 atom stereocenters. The summed E-state index contributed by atoms with van der Waals surface area (Å²) in [4.78, 5) is 23.0. The minimum absolute atomic E-state index is 0.0243. The van der Waals surface area contributed by atoms with Gasteiger partial charge in [0.15, 0.2) is 0 Å². The molecule has 3 rings (SSSR count). The molecule has 0 saturated carbocycles. The summed E-state index contributed by atoms with van der Waals surface area (Å²) in [7, 11) is 0. The number of hydrogen-bond acceptors (Lipinski definition) is 5. The van der Waals surface area contributed by atoms with Gasteiger partial charge in [0.25, 0.3) is 0 Å². The fourth-order valence-electron chi connectivity index (χ4n) is 3.12. The molecule has 2 aliphatic heterocycles. The van der Waals surface area contributed by atoms with E-state index in [2.05, 4.69) is 9.97 Å². The van der Waals surface area contributed by atoms with E-state index in [0.717, 1.165) is 37.2 Å². The fourth-order valence-corrected chi connectivity index (χ4v) is 3.12. The van der Waals surface area contributed by atoms with Gasteiger partial charge in [0.1, 0.15) is 6.10 Å². The molecule has 0 aromatic carbocycles. The Morgan fingerprint density at radius 3 is 2.77 bits per heavy atom. The van der Waals surface area contributed by atoms with Crippen LogP contribution in [-0.4, -0.2) is 53.2 Å². The smallest absolute Gasteiger partial charge is 0.317 e. The maximum atomic E-state index is 12.5. The lowest BCUT2D eigenvalue weighted by molar-refractivity contribution is -0.138. The van der Waals surface area contributed by atoms with Crippen LogP contribution in [0.5, 0.6) is 6.01 Å². The van der Waals surface area contributed by atoms with Gasteiger partial charge >= 0.3 is 6.01 Å². The quantitative estimate of drug-likeness (QED) is 0.847. The highest BCUT2D eigenvalue weighted by Gasteiger charge is 2.32. The summed E-state index contributed by atoms with van der Waals surface area (Å²) in [6.45, 7) is 6.53. The second-order valence-corrected chi connectivity index (χ2v) is 6.16. The van der Waals surface area contributed by atoms with Crippen molar-refractivity contribution in [3.8, 4) is 6.01 Å². The Labute approximate surface area is 130 Å². The minimum Gasteiger partial charge on any atom is -0.458 e. The highest BCUT2D eigenvalue weighted by Crippen LogP contribution is 2.21. The molecule has 120 valence electrons. The van der Waals surface area contributed by atoms with Gasteiger partial charge < -0.3 is 14.4 Å². The lowest BCUT2D eigenvalue weighted by Gasteiger charge is -2.33. The Hall–Kier alpha value is -1.69. The molecule has 2 unspecified atom stereocenters. The number of rotatable bonds is 3. The predicted molar refractivity (Wildman–Crippen MR) is 80.7 cm³/mol. The van der Waals surface area contributed by atoms with Gasteiger partial charge in [0.2, 0.25) is 5.91 Å². The number of likely N-dealkylation sites (tertiary alicyclic amines) is 1. The summed E-state index contributed by atoms with van der Waals surface area (Å²) in [6, 6.07) is 2.34. The van der Waals surface area contributed by atoms with E-state index < -0.39 is 0 Å². The van der Waals surface area contributed by atoms with Crippen LogP contribution < -0.4 is 4.74 Å². The summed E-state index contributed by atoms with van der Waals surface area (Å²) in [5, 5.41) is 0. The topological polar surface area (TPSA) is 64.5 Å². The molecule has 1 aromatic rings. The molecule has 22 heavy (non-hydrogen) atoms. The Kier molecular flexibility index (Phi) is 4.57. The number of carbonyl (C=O) groups excluding carboxylic acids is 1. The van der Waals surface area contributed by atoms with Gasteiger partial charge in [-0.1, -0.05) is 0 Å². The molecule has 1 aromatic heterocycles. The normalized spacial score (nSPS) is 25.3. The van der Waals surface area contributed by atoms with Crippen molar-refractivity contribution in [1.82, 2.24) is 14.9 Å². The SMILES string of the molecule is Cc1cc(C)nc(OC2CCCN(C(=O)C3CCOC3)C2)n1. The van der Waals surface area contributed by atoms with Crippen LogP contribution >= 0.6 is 0 Å². The van der Waals surface area contributed by atoms with Crippen molar-refractivity contribution in [2.75, 3.05) is 26.3 Å². The van der Waals surface area contributed by atoms with Crippen LogP contribution in [0.2, 0.25) is 0 Å². The van der Waals surface area contributed by atoms with Crippen molar-refractivity contribution in [2.24, 2.45) is 5.92 Å². The Balaban J connectivity index is 1.61. The number of hydrogen-bond donors (Lipinski definition) is 0. The third-order valence-corrected chi connectivity index (χ3v) is 4.20. The number of amides is 1. The van der Waals surface area contributed by atoms with Gasteiger partial charge in [-0.05, 0) is 39.2 Å². The second-order valence-electron chi connectivity index (χ2n) is 6.16. The van der Waals surface area contributed by atoms with Crippen LogP contribution in [0.3, 0.4) is 0 Å². The van der Waals surface area contributed by atoms with Gasteiger partial charge in [0, 0.05) is 24.5 Å². The molecule has 0 radical (unpaired) electrons. The number of carbonyl (C=O) groups is 1. The Morgan fingerprint density at radius 2 is 2.09 bits per heavy atom. The van der Waals surface area contributed by atoms with Gasteiger partial charge in [0.05, 0.1) is 19.1 Å². The van der Waals surface area contributed by atoms with Crippen LogP contribution in [0.4, 0.5) is 0 Å². The van der Waals surface area contributed by atoms with E-state index >= 15 is 0 Å². The van der Waals surface area contributed by atoms with Crippen molar-refractivity contribution in [3.05, 3.63) is 17.5 Å². The highest BCUT2D eigenvalue weighted by atomic mass is 16.5. The van der Waals surface area contributed by atoms with E-state index in [9.17, 15) is 4.79 Å². The lowest BCUT2D eigenvalue weighted by Crippen LogP contribution is -2.47. The van der Waals surface area contributed by atoms with Crippen LogP contribution in [0.15, 0.2) is 6.07 Å². The standard InChI is InChI=1S/C16H23N3O3/c1-11-8-12(2)18-16(17-11)22-14-4-3-6-19(9-14)15(20)13-5-7-21-10-13/h8,13-14H,3-7,9-10H2,1-2H3. The van der Waals surface area contributed by atoms with E-state index in [-0.39, 0.29) is 17.9 Å². The van der Waals surface area contributed by atoms with Gasteiger partial charge in [-0.2, -0.15) is 0 Å². The average molecular weight is 305 g/mol. The van der Waals surface area contributed by atoms with E-state index in [1.807, 2.05) is 24.8 Å². The van der Waals surface area contributed by atoms with Gasteiger partial charge in [-0.25, -0.2) is 9.97 Å². The van der Waals surface area contributed by atoms with Crippen LogP contribution in [0.1, 0.15) is 30.7 Å². The summed E-state index contributed by atoms with van der Waals surface area (Å²) in [5.41, 5.74) is 1.80. The number of piperidine rings is 1. The average Bonchev–Trinajstić information content (AvgIpc) is 3.00. The first-order valence-electron chi connectivity index (χ1n) is 7.97. The van der Waals surface area contributed by atoms with Crippen LogP contribution in [-0.2, 0) is 9.53 Å². The first kappa shape index (κ1) is 15.2. The molecule has 0 N–H and O–H groups in total.